The zero-order valence-electron chi connectivity index (χ0n) is 13.5. The van der Waals surface area contributed by atoms with E-state index in [2.05, 4.69) is 12.1 Å². The maximum atomic E-state index is 12.2. The molecule has 118 valence electrons. The first-order valence-electron chi connectivity index (χ1n) is 7.89. The third kappa shape index (κ3) is 2.85. The molecule has 0 saturated heterocycles. The Labute approximate surface area is 137 Å². The number of nitrogens with zero attached hydrogens (tertiary/aromatic N) is 2. The Morgan fingerprint density at radius 1 is 1.26 bits per heavy atom. The van der Waals surface area contributed by atoms with Gasteiger partial charge in [-0.15, -0.1) is 0 Å². The van der Waals surface area contributed by atoms with Crippen molar-refractivity contribution in [2.24, 2.45) is 11.3 Å². The minimum atomic E-state index is -1.26. The summed E-state index contributed by atoms with van der Waals surface area (Å²) in [6.07, 6.45) is 2.86. The molecule has 1 aliphatic rings. The van der Waals surface area contributed by atoms with Crippen LogP contribution in [0, 0.1) is 34.0 Å². The van der Waals surface area contributed by atoms with Gasteiger partial charge in [-0.05, 0) is 25.3 Å². The Morgan fingerprint density at radius 2 is 1.91 bits per heavy atom. The number of hydrogen-bond acceptors (Lipinski definition) is 4. The Morgan fingerprint density at radius 3 is 2.43 bits per heavy atom. The SMILES string of the molecule is CCOC(=O)C1=CCC(c2ccccc2)C(C#N)(C#N)C1CC. The molecule has 0 spiro atoms. The van der Waals surface area contributed by atoms with Gasteiger partial charge in [-0.25, -0.2) is 4.79 Å². The molecule has 1 aliphatic carbocycles. The van der Waals surface area contributed by atoms with Gasteiger partial charge in [0.2, 0.25) is 0 Å². The number of carbonyl (C=O) groups excluding carboxylic acids is 1. The molecule has 0 fully saturated rings. The van der Waals surface area contributed by atoms with Crippen LogP contribution in [-0.2, 0) is 9.53 Å². The molecule has 0 aliphatic heterocycles. The number of ether oxygens (including phenoxy) is 1. The highest BCUT2D eigenvalue weighted by Crippen LogP contribution is 2.51. The summed E-state index contributed by atoms with van der Waals surface area (Å²) in [4.78, 5) is 12.2. The second-order valence-corrected chi connectivity index (χ2v) is 5.63. The molecule has 0 aromatic heterocycles. The van der Waals surface area contributed by atoms with Crippen molar-refractivity contribution in [1.29, 1.82) is 10.5 Å². The number of esters is 1. The zero-order chi connectivity index (χ0) is 16.9. The van der Waals surface area contributed by atoms with Gasteiger partial charge >= 0.3 is 5.97 Å². The van der Waals surface area contributed by atoms with Crippen molar-refractivity contribution >= 4 is 5.97 Å². The number of allylic oxidation sites excluding steroid dienone is 1. The van der Waals surface area contributed by atoms with Gasteiger partial charge in [-0.1, -0.05) is 43.3 Å². The lowest BCUT2D eigenvalue weighted by atomic mass is 9.59. The third-order valence-electron chi connectivity index (χ3n) is 4.54. The second kappa shape index (κ2) is 7.11. The highest BCUT2D eigenvalue weighted by Gasteiger charge is 2.51. The van der Waals surface area contributed by atoms with E-state index in [9.17, 15) is 15.3 Å². The highest BCUT2D eigenvalue weighted by molar-refractivity contribution is 5.90. The highest BCUT2D eigenvalue weighted by atomic mass is 16.5. The Kier molecular flexibility index (Phi) is 5.19. The van der Waals surface area contributed by atoms with Crippen LogP contribution >= 0.6 is 0 Å². The summed E-state index contributed by atoms with van der Waals surface area (Å²) in [6, 6.07) is 14.0. The first-order chi connectivity index (χ1) is 11.1. The molecule has 0 bridgehead atoms. The first-order valence-corrected chi connectivity index (χ1v) is 7.89. The lowest BCUT2D eigenvalue weighted by molar-refractivity contribution is -0.139. The standard InChI is InChI=1S/C19H20N2O2/c1-3-16-15(18(22)23-4-2)10-11-17(19(16,12-20)13-21)14-8-6-5-7-9-14/h5-10,16-17H,3-4,11H2,1-2H3. The van der Waals surface area contributed by atoms with Crippen molar-refractivity contribution < 1.29 is 9.53 Å². The van der Waals surface area contributed by atoms with E-state index in [0.29, 0.717) is 18.4 Å². The summed E-state index contributed by atoms with van der Waals surface area (Å²) >= 11 is 0. The molecule has 0 heterocycles. The molecular formula is C19H20N2O2. The van der Waals surface area contributed by atoms with E-state index in [4.69, 9.17) is 4.74 Å². The van der Waals surface area contributed by atoms with Crippen LogP contribution in [0.3, 0.4) is 0 Å². The van der Waals surface area contributed by atoms with E-state index in [1.165, 1.54) is 0 Å². The van der Waals surface area contributed by atoms with E-state index in [-0.39, 0.29) is 12.5 Å². The molecule has 0 radical (unpaired) electrons. The van der Waals surface area contributed by atoms with Gasteiger partial charge in [-0.3, -0.25) is 0 Å². The average molecular weight is 308 g/mol. The minimum Gasteiger partial charge on any atom is -0.463 e. The molecule has 23 heavy (non-hydrogen) atoms. The van der Waals surface area contributed by atoms with Crippen LogP contribution in [0.2, 0.25) is 0 Å². The van der Waals surface area contributed by atoms with Crippen molar-refractivity contribution in [3.63, 3.8) is 0 Å². The molecule has 0 saturated carbocycles. The van der Waals surface area contributed by atoms with Crippen LogP contribution in [-0.4, -0.2) is 12.6 Å². The first kappa shape index (κ1) is 16.8. The summed E-state index contributed by atoms with van der Waals surface area (Å²) in [5.41, 5.74) is 0.158. The Balaban J connectivity index is 2.54. The monoisotopic (exact) mass is 308 g/mol. The summed E-state index contributed by atoms with van der Waals surface area (Å²) in [6.45, 7) is 3.92. The van der Waals surface area contributed by atoms with Crippen molar-refractivity contribution in [3.05, 3.63) is 47.5 Å². The van der Waals surface area contributed by atoms with Crippen LogP contribution in [0.4, 0.5) is 0 Å². The largest absolute Gasteiger partial charge is 0.463 e. The molecule has 1 aromatic carbocycles. The summed E-state index contributed by atoms with van der Waals surface area (Å²) < 4.78 is 5.11. The number of rotatable bonds is 4. The van der Waals surface area contributed by atoms with E-state index in [1.54, 1.807) is 6.92 Å². The third-order valence-corrected chi connectivity index (χ3v) is 4.54. The molecule has 2 atom stereocenters. The molecule has 2 unspecified atom stereocenters. The van der Waals surface area contributed by atoms with Crippen LogP contribution in [0.5, 0.6) is 0 Å². The molecule has 0 N–H and O–H groups in total. The van der Waals surface area contributed by atoms with E-state index in [0.717, 1.165) is 5.56 Å². The van der Waals surface area contributed by atoms with Crippen LogP contribution in [0.1, 0.15) is 38.2 Å². The normalized spacial score (nSPS) is 22.3. The number of nitriles is 2. The van der Waals surface area contributed by atoms with Gasteiger partial charge < -0.3 is 4.74 Å². The maximum Gasteiger partial charge on any atom is 0.334 e. The number of carbonyl (C=O) groups is 1. The summed E-state index contributed by atoms with van der Waals surface area (Å²) in [7, 11) is 0. The van der Waals surface area contributed by atoms with E-state index in [1.807, 2.05) is 43.3 Å². The lowest BCUT2D eigenvalue weighted by Crippen LogP contribution is -2.40. The van der Waals surface area contributed by atoms with Crippen LogP contribution in [0.15, 0.2) is 42.0 Å². The summed E-state index contributed by atoms with van der Waals surface area (Å²) in [5, 5.41) is 19.7. The van der Waals surface area contributed by atoms with Gasteiger partial charge in [0.1, 0.15) is 0 Å². The van der Waals surface area contributed by atoms with Crippen LogP contribution < -0.4 is 0 Å². The van der Waals surface area contributed by atoms with Crippen molar-refractivity contribution in [3.8, 4) is 12.1 Å². The van der Waals surface area contributed by atoms with Gasteiger partial charge in [0.25, 0.3) is 0 Å². The number of benzene rings is 1. The van der Waals surface area contributed by atoms with E-state index < -0.39 is 17.3 Å². The Bertz CT molecular complexity index is 666. The molecule has 2 rings (SSSR count). The summed E-state index contributed by atoms with van der Waals surface area (Å²) in [5.74, 6) is -1.11. The van der Waals surface area contributed by atoms with Gasteiger partial charge in [-0.2, -0.15) is 10.5 Å². The van der Waals surface area contributed by atoms with Gasteiger partial charge in [0.05, 0.1) is 18.7 Å². The predicted molar refractivity (Wildman–Crippen MR) is 86.0 cm³/mol. The van der Waals surface area contributed by atoms with E-state index >= 15 is 0 Å². The van der Waals surface area contributed by atoms with Crippen molar-refractivity contribution in [2.45, 2.75) is 32.6 Å². The second-order valence-electron chi connectivity index (χ2n) is 5.63. The van der Waals surface area contributed by atoms with Crippen LogP contribution in [0.25, 0.3) is 0 Å². The minimum absolute atomic E-state index is 0.248. The maximum absolute atomic E-state index is 12.2. The Hall–Kier alpha value is -2.59. The van der Waals surface area contributed by atoms with Crippen molar-refractivity contribution in [1.82, 2.24) is 0 Å². The quantitative estimate of drug-likeness (QED) is 0.794. The van der Waals surface area contributed by atoms with Gasteiger partial charge in [0.15, 0.2) is 5.41 Å². The average Bonchev–Trinajstić information content (AvgIpc) is 2.61. The topological polar surface area (TPSA) is 73.9 Å². The fourth-order valence-electron chi connectivity index (χ4n) is 3.46. The smallest absolute Gasteiger partial charge is 0.334 e. The predicted octanol–water partition coefficient (Wildman–Crippen LogP) is 3.72. The fourth-order valence-corrected chi connectivity index (χ4v) is 3.46. The van der Waals surface area contributed by atoms with Crippen molar-refractivity contribution in [2.75, 3.05) is 6.61 Å². The fraction of sp³-hybridized carbons (Fsp3) is 0.421. The number of hydrogen-bond donors (Lipinski definition) is 0. The molecule has 0 amide bonds. The molecule has 4 nitrogen and oxygen atoms in total. The molecular weight excluding hydrogens is 288 g/mol. The van der Waals surface area contributed by atoms with Gasteiger partial charge in [0, 0.05) is 17.4 Å². The lowest BCUT2D eigenvalue weighted by Gasteiger charge is -2.39. The molecule has 4 heteroatoms. The molecule has 1 aromatic rings. The zero-order valence-corrected chi connectivity index (χ0v) is 13.5.